The fourth-order valence-corrected chi connectivity index (χ4v) is 3.12. The number of fused-ring (bicyclic) bond motifs is 1. The minimum atomic E-state index is -0.267. The van der Waals surface area contributed by atoms with E-state index in [1.54, 1.807) is 24.3 Å². The molecule has 124 valence electrons. The third kappa shape index (κ3) is 3.35. The molecule has 2 heterocycles. The molecule has 7 heteroatoms. The topological polar surface area (TPSA) is 67.2 Å². The van der Waals surface area contributed by atoms with Gasteiger partial charge >= 0.3 is 0 Å². The summed E-state index contributed by atoms with van der Waals surface area (Å²) in [6.45, 7) is 0. The molecule has 2 aromatic heterocycles. The lowest BCUT2D eigenvalue weighted by molar-refractivity contribution is 0.0962. The first-order chi connectivity index (χ1) is 12.2. The van der Waals surface area contributed by atoms with Crippen molar-refractivity contribution >= 4 is 44.9 Å². The molecule has 0 aliphatic heterocycles. The number of nitrogens with zero attached hydrogens (tertiary/aromatic N) is 1. The average molecular weight is 370 g/mol. The Labute approximate surface area is 152 Å². The first-order valence-electron chi connectivity index (χ1n) is 7.45. The molecule has 5 nitrogen and oxygen atoms in total. The van der Waals surface area contributed by atoms with Crippen LogP contribution in [0.4, 0.5) is 5.13 Å². The van der Waals surface area contributed by atoms with Gasteiger partial charge in [-0.1, -0.05) is 29.8 Å². The molecule has 2 aromatic carbocycles. The Morgan fingerprint density at radius 3 is 2.72 bits per heavy atom. The summed E-state index contributed by atoms with van der Waals surface area (Å²) in [7, 11) is 0. The molecule has 25 heavy (non-hydrogen) atoms. The maximum absolute atomic E-state index is 12.1. The zero-order valence-corrected chi connectivity index (χ0v) is 14.4. The molecule has 0 unspecified atom stereocenters. The van der Waals surface area contributed by atoms with E-state index in [9.17, 15) is 4.79 Å². The number of anilines is 1. The van der Waals surface area contributed by atoms with E-state index in [1.807, 2.05) is 35.7 Å². The van der Waals surface area contributed by atoms with Crippen molar-refractivity contribution in [3.05, 3.63) is 70.6 Å². The van der Waals surface area contributed by atoms with Crippen LogP contribution in [0.15, 0.2) is 64.4 Å². The van der Waals surface area contributed by atoms with Crippen LogP contribution in [-0.4, -0.2) is 10.9 Å². The lowest BCUT2D eigenvalue weighted by Crippen LogP contribution is -2.29. The number of para-hydroxylation sites is 1. The minimum absolute atomic E-state index is 0.267. The number of benzene rings is 2. The number of aromatic nitrogens is 1. The normalized spacial score (nSPS) is 10.8. The van der Waals surface area contributed by atoms with Crippen LogP contribution < -0.4 is 10.9 Å². The molecule has 0 bridgehead atoms. The van der Waals surface area contributed by atoms with Gasteiger partial charge in [-0.05, 0) is 36.4 Å². The van der Waals surface area contributed by atoms with E-state index in [0.29, 0.717) is 27.2 Å². The van der Waals surface area contributed by atoms with Crippen LogP contribution in [0.1, 0.15) is 10.4 Å². The highest BCUT2D eigenvalue weighted by Gasteiger charge is 2.11. The molecule has 0 atom stereocenters. The molecule has 0 spiro atoms. The maximum Gasteiger partial charge on any atom is 0.269 e. The zero-order valence-electron chi connectivity index (χ0n) is 12.8. The number of amides is 1. The summed E-state index contributed by atoms with van der Waals surface area (Å²) >= 11 is 7.19. The second-order valence-corrected chi connectivity index (χ2v) is 6.57. The molecule has 0 aliphatic rings. The third-order valence-electron chi connectivity index (χ3n) is 3.57. The van der Waals surface area contributed by atoms with Crippen molar-refractivity contribution in [2.24, 2.45) is 0 Å². The van der Waals surface area contributed by atoms with Gasteiger partial charge < -0.3 is 4.42 Å². The van der Waals surface area contributed by atoms with Crippen molar-refractivity contribution in [1.29, 1.82) is 0 Å². The third-order valence-corrected chi connectivity index (χ3v) is 4.58. The van der Waals surface area contributed by atoms with Crippen LogP contribution in [0, 0.1) is 0 Å². The first-order valence-corrected chi connectivity index (χ1v) is 8.71. The van der Waals surface area contributed by atoms with E-state index in [1.165, 1.54) is 11.3 Å². The molecule has 0 aliphatic carbocycles. The summed E-state index contributed by atoms with van der Waals surface area (Å²) in [6, 6.07) is 16.4. The molecular formula is C18H12ClN3O2S. The van der Waals surface area contributed by atoms with Crippen LogP contribution in [0.2, 0.25) is 5.02 Å². The number of carbonyl (C=O) groups excluding carboxylic acids is 1. The van der Waals surface area contributed by atoms with Gasteiger partial charge in [-0.2, -0.15) is 0 Å². The van der Waals surface area contributed by atoms with Crippen molar-refractivity contribution in [1.82, 2.24) is 10.4 Å². The molecule has 0 saturated carbocycles. The quantitative estimate of drug-likeness (QED) is 0.498. The predicted molar refractivity (Wildman–Crippen MR) is 99.9 cm³/mol. The Morgan fingerprint density at radius 2 is 1.92 bits per heavy atom. The Bertz CT molecular complexity index is 1010. The van der Waals surface area contributed by atoms with E-state index < -0.39 is 0 Å². The second kappa shape index (κ2) is 6.58. The summed E-state index contributed by atoms with van der Waals surface area (Å²) in [4.78, 5) is 16.5. The van der Waals surface area contributed by atoms with E-state index in [2.05, 4.69) is 15.8 Å². The molecular weight excluding hydrogens is 358 g/mol. The van der Waals surface area contributed by atoms with Crippen molar-refractivity contribution in [2.75, 3.05) is 5.43 Å². The van der Waals surface area contributed by atoms with Gasteiger partial charge in [-0.25, -0.2) is 4.98 Å². The Morgan fingerprint density at radius 1 is 1.12 bits per heavy atom. The molecule has 0 fully saturated rings. The number of carbonyl (C=O) groups is 1. The molecule has 1 amide bonds. The fraction of sp³-hybridized carbons (Fsp3) is 0. The van der Waals surface area contributed by atoms with Gasteiger partial charge in [-0.3, -0.25) is 15.6 Å². The summed E-state index contributed by atoms with van der Waals surface area (Å²) in [5.74, 6) is 0.423. The number of hydrogen-bond acceptors (Lipinski definition) is 5. The number of rotatable bonds is 4. The highest BCUT2D eigenvalue weighted by molar-refractivity contribution is 7.14. The summed E-state index contributed by atoms with van der Waals surface area (Å²) in [6.07, 6.45) is 0. The lowest BCUT2D eigenvalue weighted by atomic mass is 10.2. The molecule has 4 aromatic rings. The van der Waals surface area contributed by atoms with Crippen LogP contribution in [0.3, 0.4) is 0 Å². The fourth-order valence-electron chi connectivity index (χ4n) is 2.34. The number of furan rings is 1. The van der Waals surface area contributed by atoms with E-state index in [0.717, 1.165) is 11.0 Å². The van der Waals surface area contributed by atoms with E-state index in [4.69, 9.17) is 16.0 Å². The standard InChI is InChI=1S/C18H12ClN3O2S/c19-13-7-5-11(6-8-13)17(23)21-22-18-20-14(10-25-18)16-9-12-3-1-2-4-15(12)24-16/h1-10H,(H,20,22)(H,21,23). The average Bonchev–Trinajstić information content (AvgIpc) is 3.26. The van der Waals surface area contributed by atoms with Crippen LogP contribution in [0.25, 0.3) is 22.4 Å². The monoisotopic (exact) mass is 369 g/mol. The van der Waals surface area contributed by atoms with Crippen LogP contribution in [0.5, 0.6) is 0 Å². The van der Waals surface area contributed by atoms with Crippen molar-refractivity contribution in [3.63, 3.8) is 0 Å². The van der Waals surface area contributed by atoms with Gasteiger partial charge in [-0.15, -0.1) is 11.3 Å². The molecule has 0 saturated heterocycles. The van der Waals surface area contributed by atoms with Gasteiger partial charge in [0.2, 0.25) is 5.13 Å². The highest BCUT2D eigenvalue weighted by atomic mass is 35.5. The minimum Gasteiger partial charge on any atom is -0.454 e. The van der Waals surface area contributed by atoms with Gasteiger partial charge in [0.05, 0.1) is 0 Å². The van der Waals surface area contributed by atoms with Crippen LogP contribution in [-0.2, 0) is 0 Å². The van der Waals surface area contributed by atoms with E-state index >= 15 is 0 Å². The smallest absolute Gasteiger partial charge is 0.269 e. The largest absolute Gasteiger partial charge is 0.454 e. The van der Waals surface area contributed by atoms with Crippen LogP contribution >= 0.6 is 22.9 Å². The maximum atomic E-state index is 12.1. The highest BCUT2D eigenvalue weighted by Crippen LogP contribution is 2.29. The number of nitrogens with one attached hydrogen (secondary N) is 2. The number of thiazole rings is 1. The number of halogens is 1. The van der Waals surface area contributed by atoms with Gasteiger partial charge in [0.25, 0.3) is 5.91 Å². The van der Waals surface area contributed by atoms with Crippen molar-refractivity contribution in [3.8, 4) is 11.5 Å². The predicted octanol–water partition coefficient (Wildman–Crippen LogP) is 4.97. The van der Waals surface area contributed by atoms with Crippen molar-refractivity contribution < 1.29 is 9.21 Å². The number of hydrazine groups is 1. The Balaban J connectivity index is 1.46. The second-order valence-electron chi connectivity index (χ2n) is 5.27. The van der Waals surface area contributed by atoms with Crippen molar-refractivity contribution in [2.45, 2.75) is 0 Å². The van der Waals surface area contributed by atoms with Gasteiger partial charge in [0.1, 0.15) is 11.3 Å². The van der Waals surface area contributed by atoms with Gasteiger partial charge in [0.15, 0.2) is 5.76 Å². The zero-order chi connectivity index (χ0) is 17.2. The van der Waals surface area contributed by atoms with E-state index in [-0.39, 0.29) is 5.91 Å². The number of hydrogen-bond donors (Lipinski definition) is 2. The Kier molecular flexibility index (Phi) is 4.13. The molecule has 0 radical (unpaired) electrons. The lowest BCUT2D eigenvalue weighted by Gasteiger charge is -2.05. The summed E-state index contributed by atoms with van der Waals surface area (Å²) in [5, 5.41) is 4.04. The summed E-state index contributed by atoms with van der Waals surface area (Å²) in [5.41, 5.74) is 7.46. The Hall–Kier alpha value is -2.83. The molecule has 4 rings (SSSR count). The molecule has 2 N–H and O–H groups in total. The van der Waals surface area contributed by atoms with Gasteiger partial charge in [0, 0.05) is 21.4 Å². The summed E-state index contributed by atoms with van der Waals surface area (Å²) < 4.78 is 5.79. The first kappa shape index (κ1) is 15.7. The SMILES string of the molecule is O=C(NNc1nc(-c2cc3ccccc3o2)cs1)c1ccc(Cl)cc1.